The van der Waals surface area contributed by atoms with Crippen LogP contribution >= 0.6 is 0 Å². The van der Waals surface area contributed by atoms with Crippen molar-refractivity contribution >= 4 is 5.91 Å². The Morgan fingerprint density at radius 1 is 1.42 bits per heavy atom. The fourth-order valence-corrected chi connectivity index (χ4v) is 1.69. The minimum Gasteiger partial charge on any atom is -0.508 e. The summed E-state index contributed by atoms with van der Waals surface area (Å²) in [5.74, 6) is 0.157. The number of furan rings is 1. The van der Waals surface area contributed by atoms with Crippen LogP contribution < -0.4 is 5.32 Å². The van der Waals surface area contributed by atoms with Crippen LogP contribution in [0.1, 0.15) is 27.7 Å². The highest BCUT2D eigenvalue weighted by Gasteiger charge is 2.17. The molecule has 1 heterocycles. The maximum Gasteiger partial charge on any atom is 0.252 e. The highest BCUT2D eigenvalue weighted by atomic mass is 16.3. The Balaban J connectivity index is 2.13. The normalized spacial score (nSPS) is 12.1. The van der Waals surface area contributed by atoms with E-state index in [1.807, 2.05) is 0 Å². The van der Waals surface area contributed by atoms with E-state index in [1.165, 1.54) is 12.3 Å². The summed E-state index contributed by atoms with van der Waals surface area (Å²) >= 11 is 0. The number of carbonyl (C=O) groups is 1. The molecule has 0 aliphatic heterocycles. The molecule has 0 spiro atoms. The fraction of sp³-hybridized carbons (Fsp3) is 0.214. The first kappa shape index (κ1) is 13.2. The Morgan fingerprint density at radius 2 is 2.21 bits per heavy atom. The highest BCUT2D eigenvalue weighted by molar-refractivity contribution is 5.94. The SMILES string of the molecule is Cc1ccc(C(=O)NC(CO)c2ccco2)cc1O. The van der Waals surface area contributed by atoms with Gasteiger partial charge in [-0.25, -0.2) is 0 Å². The maximum absolute atomic E-state index is 12.0. The Kier molecular flexibility index (Phi) is 3.87. The smallest absolute Gasteiger partial charge is 0.252 e. The molecule has 3 N–H and O–H groups in total. The lowest BCUT2D eigenvalue weighted by molar-refractivity contribution is 0.0907. The van der Waals surface area contributed by atoms with Crippen molar-refractivity contribution in [2.45, 2.75) is 13.0 Å². The third-order valence-electron chi connectivity index (χ3n) is 2.85. The number of aliphatic hydroxyl groups is 1. The van der Waals surface area contributed by atoms with E-state index in [0.29, 0.717) is 16.9 Å². The molecular formula is C14H15NO4. The number of carbonyl (C=O) groups excluding carboxylic acids is 1. The van der Waals surface area contributed by atoms with E-state index in [2.05, 4.69) is 5.32 Å². The second-order valence-corrected chi connectivity index (χ2v) is 4.23. The van der Waals surface area contributed by atoms with Gasteiger partial charge in [-0.2, -0.15) is 0 Å². The number of hydrogen-bond donors (Lipinski definition) is 3. The molecule has 2 rings (SSSR count). The Labute approximate surface area is 110 Å². The van der Waals surface area contributed by atoms with Crippen molar-refractivity contribution < 1.29 is 19.4 Å². The van der Waals surface area contributed by atoms with E-state index in [1.54, 1.807) is 31.2 Å². The van der Waals surface area contributed by atoms with Crippen molar-refractivity contribution in [2.24, 2.45) is 0 Å². The summed E-state index contributed by atoms with van der Waals surface area (Å²) in [7, 11) is 0. The Hall–Kier alpha value is -2.27. The van der Waals surface area contributed by atoms with Crippen LogP contribution in [0.2, 0.25) is 0 Å². The number of phenolic OH excluding ortho intramolecular Hbond substituents is 1. The molecule has 1 atom stereocenters. The number of aliphatic hydroxyl groups excluding tert-OH is 1. The first-order valence-electron chi connectivity index (χ1n) is 5.86. The van der Waals surface area contributed by atoms with Crippen molar-refractivity contribution in [1.82, 2.24) is 5.32 Å². The van der Waals surface area contributed by atoms with E-state index in [0.717, 1.165) is 0 Å². The number of amides is 1. The third-order valence-corrected chi connectivity index (χ3v) is 2.85. The standard InChI is InChI=1S/C14H15NO4/c1-9-4-5-10(7-12(9)17)14(18)15-11(8-16)13-3-2-6-19-13/h2-7,11,16-17H,8H2,1H3,(H,15,18). The van der Waals surface area contributed by atoms with Gasteiger partial charge in [-0.1, -0.05) is 6.07 Å². The van der Waals surface area contributed by atoms with Crippen molar-refractivity contribution in [2.75, 3.05) is 6.61 Å². The van der Waals surface area contributed by atoms with Crippen LogP contribution in [-0.2, 0) is 0 Å². The van der Waals surface area contributed by atoms with E-state index in [9.17, 15) is 15.0 Å². The largest absolute Gasteiger partial charge is 0.508 e. The van der Waals surface area contributed by atoms with Gasteiger partial charge < -0.3 is 19.9 Å². The maximum atomic E-state index is 12.0. The molecule has 0 aliphatic rings. The molecule has 0 saturated heterocycles. The van der Waals surface area contributed by atoms with Crippen LogP contribution in [0.5, 0.6) is 5.75 Å². The molecule has 0 bridgehead atoms. The van der Waals surface area contributed by atoms with Gasteiger partial charge in [0, 0.05) is 5.56 Å². The van der Waals surface area contributed by atoms with Crippen molar-refractivity contribution in [3.8, 4) is 5.75 Å². The molecule has 1 amide bonds. The highest BCUT2D eigenvalue weighted by Crippen LogP contribution is 2.19. The number of hydrogen-bond acceptors (Lipinski definition) is 4. The van der Waals surface area contributed by atoms with E-state index >= 15 is 0 Å². The molecule has 0 saturated carbocycles. The van der Waals surface area contributed by atoms with Gasteiger partial charge in [-0.05, 0) is 36.8 Å². The molecule has 1 aromatic carbocycles. The van der Waals surface area contributed by atoms with Gasteiger partial charge in [0.15, 0.2) is 0 Å². The van der Waals surface area contributed by atoms with Crippen LogP contribution in [-0.4, -0.2) is 22.7 Å². The zero-order valence-corrected chi connectivity index (χ0v) is 10.5. The molecule has 2 aromatic rings. The zero-order valence-electron chi connectivity index (χ0n) is 10.5. The number of nitrogens with one attached hydrogen (secondary N) is 1. The summed E-state index contributed by atoms with van der Waals surface area (Å²) in [6.07, 6.45) is 1.47. The molecule has 1 aromatic heterocycles. The predicted molar refractivity (Wildman–Crippen MR) is 68.8 cm³/mol. The lowest BCUT2D eigenvalue weighted by Crippen LogP contribution is -2.30. The van der Waals surface area contributed by atoms with Crippen molar-refractivity contribution in [3.05, 3.63) is 53.5 Å². The van der Waals surface area contributed by atoms with E-state index < -0.39 is 6.04 Å². The summed E-state index contributed by atoms with van der Waals surface area (Å²) in [4.78, 5) is 12.0. The Bertz CT molecular complexity index is 563. The number of benzene rings is 1. The van der Waals surface area contributed by atoms with Gasteiger partial charge in [0.05, 0.1) is 12.9 Å². The van der Waals surface area contributed by atoms with Gasteiger partial charge in [-0.3, -0.25) is 4.79 Å². The fourth-order valence-electron chi connectivity index (χ4n) is 1.69. The monoisotopic (exact) mass is 261 g/mol. The first-order chi connectivity index (χ1) is 9.11. The van der Waals surface area contributed by atoms with Crippen LogP contribution in [0, 0.1) is 6.92 Å². The van der Waals surface area contributed by atoms with E-state index in [4.69, 9.17) is 4.42 Å². The molecule has 0 fully saturated rings. The minimum absolute atomic E-state index is 0.0613. The molecule has 19 heavy (non-hydrogen) atoms. The first-order valence-corrected chi connectivity index (χ1v) is 5.86. The average molecular weight is 261 g/mol. The van der Waals surface area contributed by atoms with E-state index in [-0.39, 0.29) is 18.3 Å². The van der Waals surface area contributed by atoms with Gasteiger partial charge in [-0.15, -0.1) is 0 Å². The summed E-state index contributed by atoms with van der Waals surface area (Å²) in [5, 5.41) is 21.5. The van der Waals surface area contributed by atoms with Crippen molar-refractivity contribution in [1.29, 1.82) is 0 Å². The number of phenols is 1. The number of rotatable bonds is 4. The lowest BCUT2D eigenvalue weighted by atomic mass is 10.1. The zero-order chi connectivity index (χ0) is 13.8. The second kappa shape index (κ2) is 5.58. The van der Waals surface area contributed by atoms with Crippen LogP contribution in [0.15, 0.2) is 41.0 Å². The minimum atomic E-state index is -0.606. The van der Waals surface area contributed by atoms with Crippen molar-refractivity contribution in [3.63, 3.8) is 0 Å². The predicted octanol–water partition coefficient (Wildman–Crippen LogP) is 1.76. The van der Waals surface area contributed by atoms with Gasteiger partial charge in [0.1, 0.15) is 17.6 Å². The summed E-state index contributed by atoms with van der Waals surface area (Å²) in [6.45, 7) is 1.48. The average Bonchev–Trinajstić information content (AvgIpc) is 2.92. The van der Waals surface area contributed by atoms with Gasteiger partial charge in [0.25, 0.3) is 5.91 Å². The van der Waals surface area contributed by atoms with Crippen LogP contribution in [0.25, 0.3) is 0 Å². The number of aryl methyl sites for hydroxylation is 1. The van der Waals surface area contributed by atoms with Gasteiger partial charge in [0.2, 0.25) is 0 Å². The van der Waals surface area contributed by atoms with Gasteiger partial charge >= 0.3 is 0 Å². The van der Waals surface area contributed by atoms with Crippen LogP contribution in [0.4, 0.5) is 0 Å². The summed E-state index contributed by atoms with van der Waals surface area (Å²) in [5.41, 5.74) is 1.02. The van der Waals surface area contributed by atoms with Crippen LogP contribution in [0.3, 0.4) is 0 Å². The number of aromatic hydroxyl groups is 1. The molecule has 5 heteroatoms. The molecule has 0 radical (unpaired) electrons. The second-order valence-electron chi connectivity index (χ2n) is 4.23. The molecule has 1 unspecified atom stereocenters. The summed E-state index contributed by atoms with van der Waals surface area (Å²) in [6, 6.07) is 7.41. The quantitative estimate of drug-likeness (QED) is 0.783. The molecule has 100 valence electrons. The topological polar surface area (TPSA) is 82.7 Å². The molecule has 0 aliphatic carbocycles. The summed E-state index contributed by atoms with van der Waals surface area (Å²) < 4.78 is 5.14. The Morgan fingerprint density at radius 3 is 2.79 bits per heavy atom. The molecule has 5 nitrogen and oxygen atoms in total. The molecular weight excluding hydrogens is 246 g/mol. The lowest BCUT2D eigenvalue weighted by Gasteiger charge is -2.14. The third kappa shape index (κ3) is 2.95.